The zero-order chi connectivity index (χ0) is 21.9. The number of anilines is 1. The van der Waals surface area contributed by atoms with Crippen LogP contribution in [0.25, 0.3) is 5.69 Å². The predicted molar refractivity (Wildman–Crippen MR) is 116 cm³/mol. The summed E-state index contributed by atoms with van der Waals surface area (Å²) in [6.45, 7) is 3.55. The number of hydrogen-bond donors (Lipinski definition) is 2. The fraction of sp³-hybridized carbons (Fsp3) is 0.200. The molecule has 7 nitrogen and oxygen atoms in total. The first-order valence-electron chi connectivity index (χ1n) is 9.04. The maximum atomic E-state index is 14.5. The molecular formula is C20H20BrFN4O3S. The van der Waals surface area contributed by atoms with Crippen molar-refractivity contribution in [3.8, 4) is 5.69 Å². The first kappa shape index (κ1) is 22.1. The van der Waals surface area contributed by atoms with Crippen LogP contribution in [0.3, 0.4) is 0 Å². The number of aromatic nitrogens is 2. The zero-order valence-corrected chi connectivity index (χ0v) is 18.7. The second-order valence-corrected chi connectivity index (χ2v) is 9.34. The highest BCUT2D eigenvalue weighted by Crippen LogP contribution is 2.20. The molecule has 0 aliphatic heterocycles. The van der Waals surface area contributed by atoms with Gasteiger partial charge in [0.05, 0.1) is 10.6 Å². The van der Waals surface area contributed by atoms with Gasteiger partial charge in [0.2, 0.25) is 15.9 Å². The molecule has 0 unspecified atom stereocenters. The lowest BCUT2D eigenvalue weighted by atomic mass is 10.2. The van der Waals surface area contributed by atoms with Crippen LogP contribution in [0.15, 0.2) is 57.9 Å². The third kappa shape index (κ3) is 5.32. The number of carbonyl (C=O) groups is 1. The molecule has 0 saturated carbocycles. The van der Waals surface area contributed by atoms with Crippen molar-refractivity contribution in [3.05, 3.63) is 70.2 Å². The van der Waals surface area contributed by atoms with Crippen LogP contribution in [0.4, 0.5) is 10.1 Å². The van der Waals surface area contributed by atoms with Gasteiger partial charge in [-0.3, -0.25) is 4.79 Å². The van der Waals surface area contributed by atoms with E-state index < -0.39 is 21.7 Å². The fourth-order valence-electron chi connectivity index (χ4n) is 2.87. The van der Waals surface area contributed by atoms with Crippen molar-refractivity contribution in [1.29, 1.82) is 0 Å². The van der Waals surface area contributed by atoms with Crippen molar-refractivity contribution < 1.29 is 17.6 Å². The largest absolute Gasteiger partial charge is 0.326 e. The third-order valence-electron chi connectivity index (χ3n) is 4.22. The van der Waals surface area contributed by atoms with E-state index in [4.69, 9.17) is 0 Å². The molecule has 3 rings (SSSR count). The minimum Gasteiger partial charge on any atom is -0.326 e. The van der Waals surface area contributed by atoms with E-state index in [2.05, 4.69) is 31.1 Å². The van der Waals surface area contributed by atoms with Crippen LogP contribution in [0.5, 0.6) is 0 Å². The smallest absolute Gasteiger partial charge is 0.240 e. The van der Waals surface area contributed by atoms with Gasteiger partial charge in [-0.15, -0.1) is 0 Å². The van der Waals surface area contributed by atoms with Gasteiger partial charge in [0, 0.05) is 28.8 Å². The summed E-state index contributed by atoms with van der Waals surface area (Å²) in [7, 11) is -3.73. The SMILES string of the molecule is Cc1cc(C)n(-c2ccc(NC(=O)CCNS(=O)(=O)c3cccc(Br)c3)cc2F)n1. The molecule has 1 amide bonds. The van der Waals surface area contributed by atoms with Crippen LogP contribution in [-0.4, -0.2) is 30.7 Å². The number of halogens is 2. The molecule has 0 fully saturated rings. The van der Waals surface area contributed by atoms with E-state index in [0.717, 1.165) is 11.4 Å². The highest BCUT2D eigenvalue weighted by Gasteiger charge is 2.15. The number of aryl methyl sites for hydroxylation is 2. The minimum atomic E-state index is -3.73. The van der Waals surface area contributed by atoms with Crippen LogP contribution in [0.1, 0.15) is 17.8 Å². The van der Waals surface area contributed by atoms with Gasteiger partial charge in [-0.2, -0.15) is 5.10 Å². The summed E-state index contributed by atoms with van der Waals surface area (Å²) in [5.41, 5.74) is 2.12. The summed E-state index contributed by atoms with van der Waals surface area (Å²) in [4.78, 5) is 12.2. The summed E-state index contributed by atoms with van der Waals surface area (Å²) < 4.78 is 43.5. The number of sulfonamides is 1. The Balaban J connectivity index is 1.59. The standard InChI is InChI=1S/C20H20BrFN4O3S/c1-13-10-14(2)26(25-13)19-7-6-16(12-18(19)22)24-20(27)8-9-23-30(28,29)17-5-3-4-15(21)11-17/h3-7,10-12,23H,8-9H2,1-2H3,(H,24,27). The van der Waals surface area contributed by atoms with Crippen LogP contribution in [-0.2, 0) is 14.8 Å². The Morgan fingerprint density at radius 1 is 1.17 bits per heavy atom. The first-order chi connectivity index (χ1) is 14.2. The van der Waals surface area contributed by atoms with Gasteiger partial charge >= 0.3 is 0 Å². The summed E-state index contributed by atoms with van der Waals surface area (Å²) in [6.07, 6.45) is -0.103. The number of rotatable bonds is 7. The van der Waals surface area contributed by atoms with E-state index in [1.165, 1.54) is 28.9 Å². The number of benzene rings is 2. The molecule has 0 saturated heterocycles. The number of nitrogens with zero attached hydrogens (tertiary/aromatic N) is 2. The monoisotopic (exact) mass is 494 g/mol. The molecular weight excluding hydrogens is 475 g/mol. The van der Waals surface area contributed by atoms with E-state index in [0.29, 0.717) is 4.47 Å². The molecule has 0 aliphatic rings. The molecule has 2 aromatic carbocycles. The Hall–Kier alpha value is -2.56. The molecule has 0 radical (unpaired) electrons. The highest BCUT2D eigenvalue weighted by atomic mass is 79.9. The summed E-state index contributed by atoms with van der Waals surface area (Å²) in [6, 6.07) is 12.4. The molecule has 0 bridgehead atoms. The molecule has 30 heavy (non-hydrogen) atoms. The van der Waals surface area contributed by atoms with E-state index >= 15 is 0 Å². The maximum absolute atomic E-state index is 14.5. The molecule has 0 spiro atoms. The Labute approximate surface area is 182 Å². The van der Waals surface area contributed by atoms with Crippen LogP contribution in [0, 0.1) is 19.7 Å². The summed E-state index contributed by atoms with van der Waals surface area (Å²) >= 11 is 3.22. The molecule has 3 aromatic rings. The quantitative estimate of drug-likeness (QED) is 0.523. The van der Waals surface area contributed by atoms with Gasteiger partial charge < -0.3 is 5.32 Å². The molecule has 1 aromatic heterocycles. The van der Waals surface area contributed by atoms with Gasteiger partial charge in [-0.05, 0) is 56.3 Å². The van der Waals surface area contributed by atoms with E-state index in [1.807, 2.05) is 19.9 Å². The number of hydrogen-bond acceptors (Lipinski definition) is 4. The maximum Gasteiger partial charge on any atom is 0.240 e. The lowest BCUT2D eigenvalue weighted by molar-refractivity contribution is -0.116. The summed E-state index contributed by atoms with van der Waals surface area (Å²) in [5, 5.41) is 6.81. The van der Waals surface area contributed by atoms with E-state index in [1.54, 1.807) is 18.2 Å². The van der Waals surface area contributed by atoms with Crippen LogP contribution >= 0.6 is 15.9 Å². The normalized spacial score (nSPS) is 11.5. The van der Waals surface area contributed by atoms with Gasteiger partial charge in [0.25, 0.3) is 0 Å². The Morgan fingerprint density at radius 3 is 2.57 bits per heavy atom. The molecule has 0 atom stereocenters. The molecule has 2 N–H and O–H groups in total. The molecule has 0 aliphatic carbocycles. The summed E-state index contributed by atoms with van der Waals surface area (Å²) in [5.74, 6) is -0.973. The number of carbonyl (C=O) groups excluding carboxylic acids is 1. The Morgan fingerprint density at radius 2 is 1.93 bits per heavy atom. The van der Waals surface area contributed by atoms with Gasteiger partial charge in [0.1, 0.15) is 5.69 Å². The lowest BCUT2D eigenvalue weighted by Crippen LogP contribution is -2.27. The zero-order valence-electron chi connectivity index (χ0n) is 16.3. The van der Waals surface area contributed by atoms with Crippen molar-refractivity contribution >= 4 is 37.5 Å². The molecule has 10 heteroatoms. The van der Waals surface area contributed by atoms with E-state index in [9.17, 15) is 17.6 Å². The van der Waals surface area contributed by atoms with Crippen molar-refractivity contribution in [2.24, 2.45) is 0 Å². The minimum absolute atomic E-state index is 0.0903. The second-order valence-electron chi connectivity index (χ2n) is 6.66. The molecule has 158 valence electrons. The van der Waals surface area contributed by atoms with Crippen molar-refractivity contribution in [1.82, 2.24) is 14.5 Å². The second kappa shape index (κ2) is 9.07. The average molecular weight is 495 g/mol. The lowest BCUT2D eigenvalue weighted by Gasteiger charge is -2.10. The van der Waals surface area contributed by atoms with Crippen molar-refractivity contribution in [2.45, 2.75) is 25.2 Å². The highest BCUT2D eigenvalue weighted by molar-refractivity contribution is 9.10. The topological polar surface area (TPSA) is 93.1 Å². The van der Waals surface area contributed by atoms with Crippen molar-refractivity contribution in [2.75, 3.05) is 11.9 Å². The third-order valence-corrected chi connectivity index (χ3v) is 6.17. The van der Waals surface area contributed by atoms with Crippen molar-refractivity contribution in [3.63, 3.8) is 0 Å². The van der Waals surface area contributed by atoms with Gasteiger partial charge in [-0.1, -0.05) is 22.0 Å². The van der Waals surface area contributed by atoms with Crippen LogP contribution < -0.4 is 10.0 Å². The molecule has 1 heterocycles. The van der Waals surface area contributed by atoms with Gasteiger partial charge in [0.15, 0.2) is 5.82 Å². The van der Waals surface area contributed by atoms with Crippen LogP contribution in [0.2, 0.25) is 0 Å². The predicted octanol–water partition coefficient (Wildman–Crippen LogP) is 3.70. The van der Waals surface area contributed by atoms with Gasteiger partial charge in [-0.25, -0.2) is 22.2 Å². The Kier molecular flexibility index (Phi) is 6.69. The first-order valence-corrected chi connectivity index (χ1v) is 11.3. The Bertz CT molecular complexity index is 1190. The number of nitrogens with one attached hydrogen (secondary N) is 2. The number of amides is 1. The average Bonchev–Trinajstić information content (AvgIpc) is 2.99. The fourth-order valence-corrected chi connectivity index (χ4v) is 4.50. The van der Waals surface area contributed by atoms with E-state index in [-0.39, 0.29) is 29.2 Å².